The maximum atomic E-state index is 13.0. The van der Waals surface area contributed by atoms with E-state index in [1.54, 1.807) is 42.9 Å². The van der Waals surface area contributed by atoms with Gasteiger partial charge in [0.25, 0.3) is 0 Å². The monoisotopic (exact) mass is 493 g/mol. The SMILES string of the molecule is O=CNO.O=S(=O)(c1ccc(Oc2ccc(-c3ccncc3)cc2)cc1)N1CCc2ccoc2C1. The van der Waals surface area contributed by atoms with Crippen LogP contribution in [0.25, 0.3) is 11.1 Å². The Hall–Kier alpha value is -3.99. The lowest BCUT2D eigenvalue weighted by Gasteiger charge is -2.25. The Balaban J connectivity index is 0.000000672. The summed E-state index contributed by atoms with van der Waals surface area (Å²) < 4.78 is 38.7. The molecule has 0 saturated carbocycles. The Bertz CT molecular complexity index is 1350. The number of benzene rings is 2. The number of sulfonamides is 1. The van der Waals surface area contributed by atoms with Crippen molar-refractivity contribution in [2.75, 3.05) is 6.54 Å². The number of amides is 1. The summed E-state index contributed by atoms with van der Waals surface area (Å²) in [6, 6.07) is 20.0. The molecule has 9 nitrogen and oxygen atoms in total. The maximum absolute atomic E-state index is 13.0. The smallest absolute Gasteiger partial charge is 0.243 e. The summed E-state index contributed by atoms with van der Waals surface area (Å²) in [6.45, 7) is 0.698. The standard InChI is InChI=1S/C24H20N2O4S.CH3NO2/c27-31(28,26-15-11-20-12-16-29-24(20)17-26)23-7-5-22(6-8-23)30-21-3-1-18(2-4-21)19-9-13-25-14-10-19;3-1-2-4/h1-10,12-14,16H,11,15,17H2;1,4H,(H,2,3). The molecule has 1 aliphatic heterocycles. The van der Waals surface area contributed by atoms with Crippen molar-refractivity contribution in [1.82, 2.24) is 14.8 Å². The van der Waals surface area contributed by atoms with Crippen molar-refractivity contribution in [1.29, 1.82) is 0 Å². The minimum Gasteiger partial charge on any atom is -0.468 e. The zero-order valence-corrected chi connectivity index (χ0v) is 19.4. The van der Waals surface area contributed by atoms with E-state index in [-0.39, 0.29) is 17.9 Å². The highest BCUT2D eigenvalue weighted by Gasteiger charge is 2.29. The zero-order chi connectivity index (χ0) is 24.7. The topological polar surface area (TPSA) is 122 Å². The van der Waals surface area contributed by atoms with Gasteiger partial charge in [-0.15, -0.1) is 0 Å². The first-order valence-corrected chi connectivity index (χ1v) is 12.1. The molecule has 0 aliphatic carbocycles. The number of carbonyl (C=O) groups excluding carboxylic acids is 1. The molecule has 0 atom stereocenters. The highest BCUT2D eigenvalue weighted by Crippen LogP contribution is 2.29. The van der Waals surface area contributed by atoms with Crippen LogP contribution in [0.3, 0.4) is 0 Å². The van der Waals surface area contributed by atoms with Crippen LogP contribution < -0.4 is 10.2 Å². The van der Waals surface area contributed by atoms with Gasteiger partial charge in [0, 0.05) is 18.9 Å². The number of rotatable bonds is 6. The van der Waals surface area contributed by atoms with Gasteiger partial charge in [0.2, 0.25) is 16.4 Å². The van der Waals surface area contributed by atoms with E-state index in [1.165, 1.54) is 9.79 Å². The summed E-state index contributed by atoms with van der Waals surface area (Å²) in [5.41, 5.74) is 4.47. The van der Waals surface area contributed by atoms with Crippen LogP contribution in [0.5, 0.6) is 11.5 Å². The van der Waals surface area contributed by atoms with Crippen LogP contribution in [0.15, 0.2) is 94.7 Å². The molecule has 10 heteroatoms. The molecule has 4 aromatic rings. The number of furan rings is 1. The first-order chi connectivity index (χ1) is 17.0. The summed E-state index contributed by atoms with van der Waals surface area (Å²) in [7, 11) is -3.60. The first kappa shape index (κ1) is 24.1. The first-order valence-electron chi connectivity index (χ1n) is 10.7. The number of aromatic nitrogens is 1. The van der Waals surface area contributed by atoms with Crippen LogP contribution >= 0.6 is 0 Å². The molecule has 2 N–H and O–H groups in total. The molecule has 1 aliphatic rings. The Labute approximate surface area is 202 Å². The predicted octanol–water partition coefficient (Wildman–Crippen LogP) is 4.00. The second-order valence-corrected chi connectivity index (χ2v) is 9.48. The summed E-state index contributed by atoms with van der Waals surface area (Å²) in [5, 5.41) is 7.26. The molecular weight excluding hydrogens is 470 g/mol. The molecule has 0 unspecified atom stereocenters. The quantitative estimate of drug-likeness (QED) is 0.236. The predicted molar refractivity (Wildman–Crippen MR) is 127 cm³/mol. The molecule has 1 amide bonds. The highest BCUT2D eigenvalue weighted by atomic mass is 32.2. The van der Waals surface area contributed by atoms with Crippen molar-refractivity contribution in [2.45, 2.75) is 17.9 Å². The largest absolute Gasteiger partial charge is 0.468 e. The third-order valence-corrected chi connectivity index (χ3v) is 7.27. The van der Waals surface area contributed by atoms with Crippen molar-refractivity contribution >= 4 is 16.4 Å². The van der Waals surface area contributed by atoms with Gasteiger partial charge in [-0.2, -0.15) is 4.31 Å². The van der Waals surface area contributed by atoms with Gasteiger partial charge < -0.3 is 9.15 Å². The van der Waals surface area contributed by atoms with E-state index in [0.717, 1.165) is 16.7 Å². The van der Waals surface area contributed by atoms with E-state index < -0.39 is 10.0 Å². The van der Waals surface area contributed by atoms with Crippen LogP contribution in [-0.4, -0.2) is 35.9 Å². The number of pyridine rings is 1. The fourth-order valence-corrected chi connectivity index (χ4v) is 5.04. The number of nitrogens with zero attached hydrogens (tertiary/aromatic N) is 2. The fraction of sp³-hybridized carbons (Fsp3) is 0.120. The van der Waals surface area contributed by atoms with Crippen molar-refractivity contribution in [3.05, 3.63) is 96.7 Å². The molecule has 3 heterocycles. The van der Waals surface area contributed by atoms with Crippen LogP contribution in [0.2, 0.25) is 0 Å². The van der Waals surface area contributed by atoms with Gasteiger partial charge in [-0.25, -0.2) is 13.9 Å². The van der Waals surface area contributed by atoms with Gasteiger partial charge in [-0.1, -0.05) is 12.1 Å². The van der Waals surface area contributed by atoms with Gasteiger partial charge in [0.05, 0.1) is 17.7 Å². The number of hydrogen-bond donors (Lipinski definition) is 2. The Kier molecular flexibility index (Phi) is 7.56. The average molecular weight is 494 g/mol. The normalized spacial score (nSPS) is 13.2. The van der Waals surface area contributed by atoms with E-state index in [4.69, 9.17) is 19.2 Å². The zero-order valence-electron chi connectivity index (χ0n) is 18.6. The molecule has 0 radical (unpaired) electrons. The lowest BCUT2D eigenvalue weighted by atomic mass is 10.1. The van der Waals surface area contributed by atoms with Gasteiger partial charge >= 0.3 is 0 Å². The fourth-order valence-electron chi connectivity index (χ4n) is 3.64. The third-order valence-electron chi connectivity index (χ3n) is 5.41. The number of hydrogen-bond acceptors (Lipinski definition) is 7. The number of nitrogens with one attached hydrogen (secondary N) is 1. The van der Waals surface area contributed by atoms with Crippen LogP contribution in [-0.2, 0) is 27.8 Å². The minimum atomic E-state index is -3.60. The van der Waals surface area contributed by atoms with Crippen LogP contribution in [0.4, 0.5) is 0 Å². The van der Waals surface area contributed by atoms with E-state index in [0.29, 0.717) is 30.2 Å². The third kappa shape index (κ3) is 5.75. The molecule has 2 aromatic heterocycles. The van der Waals surface area contributed by atoms with E-state index in [9.17, 15) is 8.42 Å². The summed E-state index contributed by atoms with van der Waals surface area (Å²) in [4.78, 5) is 13.1. The Morgan fingerprint density at radius 1 is 0.943 bits per heavy atom. The van der Waals surface area contributed by atoms with Gasteiger partial charge in [0.15, 0.2) is 0 Å². The summed E-state index contributed by atoms with van der Waals surface area (Å²) >= 11 is 0. The number of hydroxylamine groups is 1. The van der Waals surface area contributed by atoms with Crippen molar-refractivity contribution in [3.8, 4) is 22.6 Å². The van der Waals surface area contributed by atoms with Crippen LogP contribution in [0, 0.1) is 0 Å². The van der Waals surface area contributed by atoms with Gasteiger partial charge in [-0.3, -0.25) is 15.0 Å². The number of fused-ring (bicyclic) bond motifs is 1. The minimum absolute atomic E-state index is 0.181. The van der Waals surface area contributed by atoms with Gasteiger partial charge in [0.1, 0.15) is 17.3 Å². The van der Waals surface area contributed by atoms with Crippen molar-refractivity contribution < 1.29 is 27.6 Å². The summed E-state index contributed by atoms with van der Waals surface area (Å²) in [5.74, 6) is 1.96. The molecule has 5 rings (SSSR count). The molecule has 2 aromatic carbocycles. The average Bonchev–Trinajstić information content (AvgIpc) is 3.38. The molecule has 180 valence electrons. The number of ether oxygens (including phenoxy) is 1. The summed E-state index contributed by atoms with van der Waals surface area (Å²) in [6.07, 6.45) is 5.96. The Morgan fingerprint density at radius 2 is 1.54 bits per heavy atom. The second-order valence-electron chi connectivity index (χ2n) is 7.54. The Morgan fingerprint density at radius 3 is 2.17 bits per heavy atom. The van der Waals surface area contributed by atoms with E-state index in [2.05, 4.69) is 4.98 Å². The van der Waals surface area contributed by atoms with Gasteiger partial charge in [-0.05, 0) is 77.7 Å². The van der Waals surface area contributed by atoms with E-state index >= 15 is 0 Å². The van der Waals surface area contributed by atoms with Crippen molar-refractivity contribution in [2.24, 2.45) is 0 Å². The molecule has 35 heavy (non-hydrogen) atoms. The lowest BCUT2D eigenvalue weighted by molar-refractivity contribution is -0.116. The highest BCUT2D eigenvalue weighted by molar-refractivity contribution is 7.89. The number of carbonyl (C=O) groups is 1. The van der Waals surface area contributed by atoms with E-state index in [1.807, 2.05) is 42.5 Å². The molecular formula is C25H23N3O6S. The maximum Gasteiger partial charge on any atom is 0.243 e. The lowest BCUT2D eigenvalue weighted by Crippen LogP contribution is -2.35. The van der Waals surface area contributed by atoms with Crippen molar-refractivity contribution in [3.63, 3.8) is 0 Å². The molecule has 0 spiro atoms. The molecule has 0 bridgehead atoms. The second kappa shape index (κ2) is 11.0. The van der Waals surface area contributed by atoms with Crippen LogP contribution in [0.1, 0.15) is 11.3 Å². The molecule has 0 saturated heterocycles. The molecule has 0 fully saturated rings.